The quantitative estimate of drug-likeness (QED) is 0.398. The molecule has 122 valence electrons. The van der Waals surface area contributed by atoms with E-state index in [1.54, 1.807) is 0 Å². The fourth-order valence-corrected chi connectivity index (χ4v) is 3.22. The lowest BCUT2D eigenvalue weighted by Crippen LogP contribution is -2.40. The van der Waals surface area contributed by atoms with Crippen LogP contribution in [0.5, 0.6) is 0 Å². The summed E-state index contributed by atoms with van der Waals surface area (Å²) in [5.41, 5.74) is 0. The highest BCUT2D eigenvalue weighted by Crippen LogP contribution is 2.25. The summed E-state index contributed by atoms with van der Waals surface area (Å²) in [5.74, 6) is 2.57. The third kappa shape index (κ3) is 8.29. The largest absolute Gasteiger partial charge is 0.301 e. The van der Waals surface area contributed by atoms with Crippen molar-refractivity contribution in [2.45, 2.75) is 93.0 Å². The molecule has 0 bridgehead atoms. The van der Waals surface area contributed by atoms with Crippen molar-refractivity contribution in [1.82, 2.24) is 4.90 Å². The van der Waals surface area contributed by atoms with Gasteiger partial charge in [0, 0.05) is 6.04 Å². The molecule has 0 aliphatic heterocycles. The Morgan fingerprint density at radius 1 is 0.800 bits per heavy atom. The van der Waals surface area contributed by atoms with E-state index < -0.39 is 0 Å². The predicted octanol–water partition coefficient (Wildman–Crippen LogP) is 5.99. The van der Waals surface area contributed by atoms with Gasteiger partial charge in [-0.3, -0.25) is 0 Å². The van der Waals surface area contributed by atoms with Crippen LogP contribution in [0.15, 0.2) is 0 Å². The van der Waals surface area contributed by atoms with Gasteiger partial charge < -0.3 is 4.90 Å². The molecule has 0 saturated carbocycles. The molecule has 1 nitrogen and oxygen atoms in total. The van der Waals surface area contributed by atoms with Gasteiger partial charge in [-0.05, 0) is 43.7 Å². The first-order chi connectivity index (χ1) is 9.46. The standard InChI is InChI=1S/C19H41N/c1-8-17(6)15-19(20(9-2)10-3)18(7)14-12-11-13-16(4)5/h16-19H,8-15H2,1-7H3. The summed E-state index contributed by atoms with van der Waals surface area (Å²) in [4.78, 5) is 2.69. The number of hydrogen-bond acceptors (Lipinski definition) is 1. The Balaban J connectivity index is 4.35. The first kappa shape index (κ1) is 20.0. The van der Waals surface area contributed by atoms with Gasteiger partial charge in [0.05, 0.1) is 0 Å². The molecular formula is C19H41N. The normalized spacial score (nSPS) is 16.6. The van der Waals surface area contributed by atoms with Crippen LogP contribution >= 0.6 is 0 Å². The van der Waals surface area contributed by atoms with E-state index in [0.717, 1.165) is 23.8 Å². The molecule has 0 saturated heterocycles. The van der Waals surface area contributed by atoms with Crippen LogP contribution in [0.3, 0.4) is 0 Å². The van der Waals surface area contributed by atoms with Crippen LogP contribution in [-0.4, -0.2) is 24.0 Å². The van der Waals surface area contributed by atoms with Crippen LogP contribution in [0, 0.1) is 17.8 Å². The Bertz CT molecular complexity index is 208. The van der Waals surface area contributed by atoms with Crippen LogP contribution in [-0.2, 0) is 0 Å². The predicted molar refractivity (Wildman–Crippen MR) is 93.3 cm³/mol. The number of nitrogens with zero attached hydrogens (tertiary/aromatic N) is 1. The molecular weight excluding hydrogens is 242 g/mol. The van der Waals surface area contributed by atoms with Crippen molar-refractivity contribution < 1.29 is 0 Å². The van der Waals surface area contributed by atoms with E-state index in [2.05, 4.69) is 53.4 Å². The molecule has 0 aliphatic rings. The minimum Gasteiger partial charge on any atom is -0.301 e. The molecule has 0 rings (SSSR count). The van der Waals surface area contributed by atoms with Gasteiger partial charge in [0.25, 0.3) is 0 Å². The summed E-state index contributed by atoms with van der Waals surface area (Å²) < 4.78 is 0. The lowest BCUT2D eigenvalue weighted by Gasteiger charge is -2.36. The third-order valence-corrected chi connectivity index (χ3v) is 4.97. The van der Waals surface area contributed by atoms with Gasteiger partial charge in [0.2, 0.25) is 0 Å². The monoisotopic (exact) mass is 283 g/mol. The summed E-state index contributed by atoms with van der Waals surface area (Å²) in [6.45, 7) is 19.0. The van der Waals surface area contributed by atoms with E-state index in [1.165, 1.54) is 51.6 Å². The topological polar surface area (TPSA) is 3.24 Å². The van der Waals surface area contributed by atoms with Crippen molar-refractivity contribution in [3.05, 3.63) is 0 Å². The summed E-state index contributed by atoms with van der Waals surface area (Å²) in [7, 11) is 0. The highest BCUT2D eigenvalue weighted by atomic mass is 15.1. The smallest absolute Gasteiger partial charge is 0.0123 e. The molecule has 0 radical (unpaired) electrons. The van der Waals surface area contributed by atoms with E-state index in [1.807, 2.05) is 0 Å². The second-order valence-corrected chi connectivity index (χ2v) is 7.19. The minimum absolute atomic E-state index is 0.791. The van der Waals surface area contributed by atoms with Crippen molar-refractivity contribution in [3.8, 4) is 0 Å². The molecule has 0 aromatic rings. The zero-order valence-electron chi connectivity index (χ0n) is 15.4. The second-order valence-electron chi connectivity index (χ2n) is 7.19. The van der Waals surface area contributed by atoms with Crippen LogP contribution in [0.1, 0.15) is 87.0 Å². The Labute approximate surface area is 129 Å². The molecule has 0 spiro atoms. The highest BCUT2D eigenvalue weighted by Gasteiger charge is 2.23. The Morgan fingerprint density at radius 2 is 1.35 bits per heavy atom. The SMILES string of the molecule is CCC(C)CC(C(C)CCCCC(C)C)N(CC)CC. The summed E-state index contributed by atoms with van der Waals surface area (Å²) in [6.07, 6.45) is 8.33. The van der Waals surface area contributed by atoms with E-state index in [9.17, 15) is 0 Å². The number of rotatable bonds is 12. The van der Waals surface area contributed by atoms with E-state index in [0.29, 0.717) is 0 Å². The maximum absolute atomic E-state index is 2.69. The van der Waals surface area contributed by atoms with Gasteiger partial charge in [0.15, 0.2) is 0 Å². The maximum atomic E-state index is 2.69. The molecule has 3 unspecified atom stereocenters. The van der Waals surface area contributed by atoms with Crippen molar-refractivity contribution in [1.29, 1.82) is 0 Å². The highest BCUT2D eigenvalue weighted by molar-refractivity contribution is 4.78. The molecule has 0 aromatic heterocycles. The van der Waals surface area contributed by atoms with Crippen molar-refractivity contribution >= 4 is 0 Å². The van der Waals surface area contributed by atoms with Gasteiger partial charge >= 0.3 is 0 Å². The van der Waals surface area contributed by atoms with Gasteiger partial charge in [-0.1, -0.05) is 74.1 Å². The lowest BCUT2D eigenvalue weighted by molar-refractivity contribution is 0.130. The Hall–Kier alpha value is -0.0400. The van der Waals surface area contributed by atoms with Gasteiger partial charge in [-0.2, -0.15) is 0 Å². The van der Waals surface area contributed by atoms with Crippen LogP contribution in [0.25, 0.3) is 0 Å². The van der Waals surface area contributed by atoms with Crippen LogP contribution < -0.4 is 0 Å². The van der Waals surface area contributed by atoms with Gasteiger partial charge in [-0.25, -0.2) is 0 Å². The van der Waals surface area contributed by atoms with Gasteiger partial charge in [-0.15, -0.1) is 0 Å². The summed E-state index contributed by atoms with van der Waals surface area (Å²) >= 11 is 0. The fourth-order valence-electron chi connectivity index (χ4n) is 3.22. The molecule has 0 N–H and O–H groups in total. The van der Waals surface area contributed by atoms with E-state index >= 15 is 0 Å². The minimum atomic E-state index is 0.791. The number of unbranched alkanes of at least 4 members (excludes halogenated alkanes) is 1. The van der Waals surface area contributed by atoms with Crippen molar-refractivity contribution in [3.63, 3.8) is 0 Å². The second kappa shape index (κ2) is 11.6. The summed E-state index contributed by atoms with van der Waals surface area (Å²) in [6, 6.07) is 0.791. The fraction of sp³-hybridized carbons (Fsp3) is 1.00. The molecule has 20 heavy (non-hydrogen) atoms. The zero-order chi connectivity index (χ0) is 15.5. The molecule has 1 heteroatoms. The third-order valence-electron chi connectivity index (χ3n) is 4.97. The van der Waals surface area contributed by atoms with Crippen molar-refractivity contribution in [2.24, 2.45) is 17.8 Å². The maximum Gasteiger partial charge on any atom is 0.0123 e. The zero-order valence-corrected chi connectivity index (χ0v) is 15.4. The first-order valence-corrected chi connectivity index (χ1v) is 9.20. The lowest BCUT2D eigenvalue weighted by atomic mass is 9.86. The number of hydrogen-bond donors (Lipinski definition) is 0. The van der Waals surface area contributed by atoms with Crippen LogP contribution in [0.4, 0.5) is 0 Å². The molecule has 0 aromatic carbocycles. The van der Waals surface area contributed by atoms with Crippen molar-refractivity contribution in [2.75, 3.05) is 13.1 Å². The van der Waals surface area contributed by atoms with Crippen LogP contribution in [0.2, 0.25) is 0 Å². The molecule has 0 aliphatic carbocycles. The Morgan fingerprint density at radius 3 is 1.80 bits per heavy atom. The molecule has 0 heterocycles. The van der Waals surface area contributed by atoms with Gasteiger partial charge in [0.1, 0.15) is 0 Å². The summed E-state index contributed by atoms with van der Waals surface area (Å²) in [5, 5.41) is 0. The first-order valence-electron chi connectivity index (χ1n) is 9.20. The average Bonchev–Trinajstić information content (AvgIpc) is 2.42. The molecule has 0 amide bonds. The molecule has 0 fully saturated rings. The van der Waals surface area contributed by atoms with E-state index in [-0.39, 0.29) is 0 Å². The average molecular weight is 284 g/mol. The van der Waals surface area contributed by atoms with E-state index in [4.69, 9.17) is 0 Å². The molecule has 3 atom stereocenters. The Kier molecular flexibility index (Phi) is 11.6.